The second-order valence-electron chi connectivity index (χ2n) is 6.67. The zero-order chi connectivity index (χ0) is 19.0. The van der Waals surface area contributed by atoms with Crippen LogP contribution in [0.3, 0.4) is 0 Å². The smallest absolute Gasteiger partial charge is 0.337 e. The number of esters is 1. The highest BCUT2D eigenvalue weighted by Crippen LogP contribution is 2.29. The third kappa shape index (κ3) is 3.18. The van der Waals surface area contributed by atoms with Crippen LogP contribution in [0.4, 0.5) is 4.39 Å². The molecule has 27 heavy (non-hydrogen) atoms. The minimum Gasteiger partial charge on any atom is -0.465 e. The van der Waals surface area contributed by atoms with Crippen LogP contribution in [-0.2, 0) is 28.9 Å². The van der Waals surface area contributed by atoms with E-state index in [0.29, 0.717) is 30.6 Å². The van der Waals surface area contributed by atoms with Crippen molar-refractivity contribution >= 4 is 22.8 Å². The number of carbonyl (C=O) groups is 2. The normalized spacial score (nSPS) is 13.5. The number of fused-ring (bicyclic) bond motifs is 3. The van der Waals surface area contributed by atoms with E-state index >= 15 is 0 Å². The number of rotatable bonds is 3. The number of halogens is 1. The van der Waals surface area contributed by atoms with Crippen molar-refractivity contribution in [1.82, 2.24) is 9.88 Å². The second kappa shape index (κ2) is 6.87. The molecule has 5 nitrogen and oxygen atoms in total. The van der Waals surface area contributed by atoms with Crippen molar-refractivity contribution in [1.29, 1.82) is 0 Å². The Labute approximate surface area is 155 Å². The molecule has 0 spiro atoms. The molecule has 0 bridgehead atoms. The molecular formula is C21H19FN2O3. The van der Waals surface area contributed by atoms with Crippen LogP contribution in [0, 0.1) is 5.82 Å². The van der Waals surface area contributed by atoms with E-state index < -0.39 is 5.97 Å². The fourth-order valence-electron chi connectivity index (χ4n) is 3.59. The quantitative estimate of drug-likeness (QED) is 0.724. The van der Waals surface area contributed by atoms with Gasteiger partial charge in [0.1, 0.15) is 5.82 Å². The molecule has 3 aromatic rings. The molecule has 1 aliphatic heterocycles. The predicted octanol–water partition coefficient (Wildman–Crippen LogP) is 3.22. The molecule has 2 heterocycles. The number of ether oxygens (including phenoxy) is 1. The van der Waals surface area contributed by atoms with E-state index in [1.807, 2.05) is 6.07 Å². The molecule has 6 heteroatoms. The summed E-state index contributed by atoms with van der Waals surface area (Å²) in [5.74, 6) is -0.863. The van der Waals surface area contributed by atoms with Crippen LogP contribution >= 0.6 is 0 Å². The van der Waals surface area contributed by atoms with Crippen molar-refractivity contribution < 1.29 is 18.7 Å². The molecule has 1 amide bonds. The number of nitrogens with one attached hydrogen (secondary N) is 1. The minimum atomic E-state index is -0.393. The second-order valence-corrected chi connectivity index (χ2v) is 6.67. The molecule has 2 aromatic carbocycles. The number of amides is 1. The maximum absolute atomic E-state index is 13.8. The van der Waals surface area contributed by atoms with Gasteiger partial charge in [0, 0.05) is 41.7 Å². The third-order valence-corrected chi connectivity index (χ3v) is 5.05. The Morgan fingerprint density at radius 3 is 2.81 bits per heavy atom. The van der Waals surface area contributed by atoms with E-state index in [1.54, 1.807) is 35.2 Å². The van der Waals surface area contributed by atoms with E-state index in [-0.39, 0.29) is 18.1 Å². The number of hydrogen-bond donors (Lipinski definition) is 1. The lowest BCUT2D eigenvalue weighted by Crippen LogP contribution is -2.36. The lowest BCUT2D eigenvalue weighted by atomic mass is 10.0. The summed E-state index contributed by atoms with van der Waals surface area (Å²) < 4.78 is 18.6. The Bertz CT molecular complexity index is 1040. The molecule has 0 unspecified atom stereocenters. The van der Waals surface area contributed by atoms with Crippen LogP contribution in [0.5, 0.6) is 0 Å². The highest BCUT2D eigenvalue weighted by Gasteiger charge is 2.25. The number of hydrogen-bond acceptors (Lipinski definition) is 3. The van der Waals surface area contributed by atoms with Gasteiger partial charge in [0.15, 0.2) is 0 Å². The van der Waals surface area contributed by atoms with Gasteiger partial charge < -0.3 is 14.6 Å². The van der Waals surface area contributed by atoms with Gasteiger partial charge in [-0.1, -0.05) is 18.2 Å². The van der Waals surface area contributed by atoms with Gasteiger partial charge in [-0.05, 0) is 29.8 Å². The standard InChI is InChI=1S/C21H19FN2O3/c1-27-21(26)14-6-7-18-15(10-14)16-12-24(9-8-19(16)23-18)20(25)11-13-4-2-3-5-17(13)22/h2-7,10,23H,8-9,11-12H2,1H3. The van der Waals surface area contributed by atoms with Gasteiger partial charge in [-0.3, -0.25) is 4.79 Å². The van der Waals surface area contributed by atoms with Crippen LogP contribution in [0.25, 0.3) is 10.9 Å². The fourth-order valence-corrected chi connectivity index (χ4v) is 3.59. The predicted molar refractivity (Wildman–Crippen MR) is 98.9 cm³/mol. The first-order chi connectivity index (χ1) is 13.1. The van der Waals surface area contributed by atoms with Gasteiger partial charge >= 0.3 is 5.97 Å². The van der Waals surface area contributed by atoms with Crippen molar-refractivity contribution in [2.45, 2.75) is 19.4 Å². The molecule has 0 saturated carbocycles. The fraction of sp³-hybridized carbons (Fsp3) is 0.238. The summed E-state index contributed by atoms with van der Waals surface area (Å²) in [5, 5.41) is 0.913. The molecule has 1 aliphatic rings. The van der Waals surface area contributed by atoms with Gasteiger partial charge in [0.05, 0.1) is 19.1 Å². The molecule has 0 radical (unpaired) electrons. The Morgan fingerprint density at radius 1 is 1.22 bits per heavy atom. The molecule has 4 rings (SSSR count). The van der Waals surface area contributed by atoms with Crippen molar-refractivity contribution in [3.8, 4) is 0 Å². The van der Waals surface area contributed by atoms with Crippen molar-refractivity contribution in [3.63, 3.8) is 0 Å². The van der Waals surface area contributed by atoms with Gasteiger partial charge in [-0.25, -0.2) is 9.18 Å². The molecule has 0 fully saturated rings. The average molecular weight is 366 g/mol. The molecule has 1 N–H and O–H groups in total. The minimum absolute atomic E-state index is 0.0395. The van der Waals surface area contributed by atoms with Crippen LogP contribution in [0.2, 0.25) is 0 Å². The van der Waals surface area contributed by atoms with Crippen molar-refractivity contribution in [2.75, 3.05) is 13.7 Å². The molecule has 0 aliphatic carbocycles. The highest BCUT2D eigenvalue weighted by molar-refractivity contribution is 5.96. The van der Waals surface area contributed by atoms with Gasteiger partial charge in [-0.2, -0.15) is 0 Å². The van der Waals surface area contributed by atoms with Crippen LogP contribution in [0.15, 0.2) is 42.5 Å². The first kappa shape index (κ1) is 17.3. The number of H-pyrrole nitrogens is 1. The Balaban J connectivity index is 1.61. The van der Waals surface area contributed by atoms with Crippen LogP contribution in [0.1, 0.15) is 27.2 Å². The summed E-state index contributed by atoms with van der Waals surface area (Å²) >= 11 is 0. The number of aromatic nitrogens is 1. The first-order valence-corrected chi connectivity index (χ1v) is 8.80. The highest BCUT2D eigenvalue weighted by atomic mass is 19.1. The number of benzene rings is 2. The van der Waals surface area contributed by atoms with E-state index in [4.69, 9.17) is 4.74 Å². The number of carbonyl (C=O) groups excluding carboxylic acids is 2. The third-order valence-electron chi connectivity index (χ3n) is 5.05. The summed E-state index contributed by atoms with van der Waals surface area (Å²) in [4.78, 5) is 29.6. The largest absolute Gasteiger partial charge is 0.465 e. The monoisotopic (exact) mass is 366 g/mol. The number of nitrogens with zero attached hydrogens (tertiary/aromatic N) is 1. The summed E-state index contributed by atoms with van der Waals surface area (Å²) in [7, 11) is 1.35. The van der Waals surface area contributed by atoms with Crippen molar-refractivity contribution in [3.05, 3.63) is 70.7 Å². The number of methoxy groups -OCH3 is 1. The summed E-state index contributed by atoms with van der Waals surface area (Å²) in [6.45, 7) is 1.02. The van der Waals surface area contributed by atoms with Gasteiger partial charge in [-0.15, -0.1) is 0 Å². The summed E-state index contributed by atoms with van der Waals surface area (Å²) in [6, 6.07) is 11.7. The van der Waals surface area contributed by atoms with E-state index in [1.165, 1.54) is 13.2 Å². The summed E-state index contributed by atoms with van der Waals surface area (Å²) in [6.07, 6.45) is 0.734. The zero-order valence-electron chi connectivity index (χ0n) is 14.9. The molecule has 1 aromatic heterocycles. The zero-order valence-corrected chi connectivity index (χ0v) is 14.9. The lowest BCUT2D eigenvalue weighted by molar-refractivity contribution is -0.131. The number of aromatic amines is 1. The Hall–Kier alpha value is -3.15. The van der Waals surface area contributed by atoms with Gasteiger partial charge in [0.2, 0.25) is 5.91 Å². The van der Waals surface area contributed by atoms with Crippen LogP contribution < -0.4 is 0 Å². The Kier molecular flexibility index (Phi) is 4.39. The maximum Gasteiger partial charge on any atom is 0.337 e. The Morgan fingerprint density at radius 2 is 2.04 bits per heavy atom. The SMILES string of the molecule is COC(=O)c1ccc2[nH]c3c(c2c1)CN(C(=O)Cc1ccccc1F)CC3. The first-order valence-electron chi connectivity index (χ1n) is 8.80. The van der Waals surface area contributed by atoms with E-state index in [0.717, 1.165) is 22.2 Å². The van der Waals surface area contributed by atoms with E-state index in [9.17, 15) is 14.0 Å². The maximum atomic E-state index is 13.8. The molecule has 0 atom stereocenters. The van der Waals surface area contributed by atoms with Crippen LogP contribution in [-0.4, -0.2) is 35.4 Å². The topological polar surface area (TPSA) is 62.4 Å². The van der Waals surface area contributed by atoms with Crippen molar-refractivity contribution in [2.24, 2.45) is 0 Å². The van der Waals surface area contributed by atoms with Gasteiger partial charge in [0.25, 0.3) is 0 Å². The molecular weight excluding hydrogens is 347 g/mol. The molecule has 138 valence electrons. The lowest BCUT2D eigenvalue weighted by Gasteiger charge is -2.27. The van der Waals surface area contributed by atoms with E-state index in [2.05, 4.69) is 4.98 Å². The summed E-state index contributed by atoms with van der Waals surface area (Å²) in [5.41, 5.74) is 3.88. The molecule has 0 saturated heterocycles. The average Bonchev–Trinajstić information content (AvgIpc) is 3.06.